The number of hydrogen-bond acceptors (Lipinski definition) is 2. The number of carboxylic acid groups (broad SMARTS) is 1. The van der Waals surface area contributed by atoms with E-state index < -0.39 is 5.97 Å². The van der Waals surface area contributed by atoms with E-state index >= 15 is 0 Å². The summed E-state index contributed by atoms with van der Waals surface area (Å²) in [6.45, 7) is 0.506. The molecule has 0 aliphatic carbocycles. The van der Waals surface area contributed by atoms with Gasteiger partial charge in [0.05, 0.1) is 6.61 Å². The zero-order valence-electron chi connectivity index (χ0n) is 19.4. The molecule has 35 heavy (non-hydrogen) atoms. The summed E-state index contributed by atoms with van der Waals surface area (Å²) in [5.74, 6) is -0.0876. The maximum atomic E-state index is 12.0. The van der Waals surface area contributed by atoms with Crippen molar-refractivity contribution in [1.29, 1.82) is 0 Å². The predicted octanol–water partition coefficient (Wildman–Crippen LogP) is 7.29. The third-order valence-corrected chi connectivity index (χ3v) is 6.25. The average molecular weight is 462 g/mol. The van der Waals surface area contributed by atoms with E-state index in [2.05, 4.69) is 47.5 Å². The second kappa shape index (κ2) is 10.3. The molecule has 0 atom stereocenters. The van der Waals surface area contributed by atoms with Crippen LogP contribution in [0.5, 0.6) is 5.75 Å². The van der Waals surface area contributed by atoms with Crippen LogP contribution in [0.1, 0.15) is 33.6 Å². The summed E-state index contributed by atoms with van der Waals surface area (Å²) >= 11 is 0. The molecule has 4 heteroatoms. The Morgan fingerprint density at radius 2 is 1.66 bits per heavy atom. The first kappa shape index (κ1) is 22.5. The number of benzene rings is 4. The fourth-order valence-electron chi connectivity index (χ4n) is 4.61. The van der Waals surface area contributed by atoms with Gasteiger partial charge < -0.3 is 14.8 Å². The predicted molar refractivity (Wildman–Crippen MR) is 142 cm³/mol. The topological polar surface area (TPSA) is 62.3 Å². The van der Waals surface area contributed by atoms with Crippen LogP contribution in [0.2, 0.25) is 0 Å². The first-order chi connectivity index (χ1) is 17.2. The number of aromatic amines is 1. The van der Waals surface area contributed by atoms with Crippen LogP contribution < -0.4 is 4.74 Å². The number of carboxylic acids is 1. The van der Waals surface area contributed by atoms with Gasteiger partial charge in [0, 0.05) is 16.3 Å². The Bertz CT molecular complexity index is 1490. The third-order valence-electron chi connectivity index (χ3n) is 6.25. The van der Waals surface area contributed by atoms with Gasteiger partial charge in [-0.3, -0.25) is 0 Å². The van der Waals surface area contributed by atoms with Crippen molar-refractivity contribution in [3.8, 4) is 5.75 Å². The number of hydrogen-bond donors (Lipinski definition) is 2. The molecule has 0 aliphatic heterocycles. The van der Waals surface area contributed by atoms with E-state index in [1.54, 1.807) is 0 Å². The number of aromatic carboxylic acids is 1. The highest BCUT2D eigenvalue weighted by Crippen LogP contribution is 2.29. The number of H-pyrrole nitrogens is 1. The van der Waals surface area contributed by atoms with E-state index in [4.69, 9.17) is 4.74 Å². The van der Waals surface area contributed by atoms with Gasteiger partial charge in [-0.15, -0.1) is 0 Å². The lowest BCUT2D eigenvalue weighted by Crippen LogP contribution is -2.04. The number of carbonyl (C=O) groups is 1. The molecule has 0 saturated carbocycles. The van der Waals surface area contributed by atoms with Gasteiger partial charge in [-0.1, -0.05) is 91.0 Å². The fourth-order valence-corrected chi connectivity index (χ4v) is 4.61. The number of ether oxygens (including phenoxy) is 1. The van der Waals surface area contributed by atoms with Gasteiger partial charge in [0.1, 0.15) is 11.4 Å². The molecule has 174 valence electrons. The molecule has 0 radical (unpaired) electrons. The van der Waals surface area contributed by atoms with Gasteiger partial charge in [0.2, 0.25) is 0 Å². The van der Waals surface area contributed by atoms with Crippen LogP contribution in [0, 0.1) is 0 Å². The molecule has 1 aromatic heterocycles. The van der Waals surface area contributed by atoms with E-state index in [9.17, 15) is 9.90 Å². The Hall–Kier alpha value is -4.31. The number of nitrogens with one attached hydrogen (secondary N) is 1. The smallest absolute Gasteiger partial charge is 0.352 e. The average Bonchev–Trinajstić information content (AvgIpc) is 3.27. The molecule has 4 nitrogen and oxygen atoms in total. The maximum Gasteiger partial charge on any atom is 0.352 e. The molecule has 5 rings (SSSR count). The van der Waals surface area contributed by atoms with Crippen molar-refractivity contribution in [2.45, 2.75) is 19.3 Å². The van der Waals surface area contributed by atoms with E-state index in [0.717, 1.165) is 45.0 Å². The second-order valence-corrected chi connectivity index (χ2v) is 8.57. The Morgan fingerprint density at radius 1 is 0.886 bits per heavy atom. The number of fused-ring (bicyclic) bond motifs is 2. The van der Waals surface area contributed by atoms with Crippen LogP contribution in [-0.4, -0.2) is 22.7 Å². The largest absolute Gasteiger partial charge is 0.493 e. The summed E-state index contributed by atoms with van der Waals surface area (Å²) in [6.07, 6.45) is 6.35. The highest BCUT2D eigenvalue weighted by atomic mass is 16.5. The van der Waals surface area contributed by atoms with Crippen molar-refractivity contribution in [1.82, 2.24) is 4.98 Å². The molecule has 1 heterocycles. The van der Waals surface area contributed by atoms with Gasteiger partial charge >= 0.3 is 5.97 Å². The standard InChI is InChI=1S/C31H27NO3/c33-31(34)30-26(18-9-21-35-28-20-8-14-23-13-4-5-17-25(23)28)29-24(16-7-19-27(29)32-30)15-6-12-22-10-2-1-3-11-22/h1-8,10-11,13-17,19-20,32H,9,12,18,21H2,(H,33,34). The first-order valence-corrected chi connectivity index (χ1v) is 11.9. The van der Waals surface area contributed by atoms with Crippen molar-refractivity contribution in [3.05, 3.63) is 119 Å². The summed E-state index contributed by atoms with van der Waals surface area (Å²) in [7, 11) is 0. The van der Waals surface area contributed by atoms with Gasteiger partial charge in [0.25, 0.3) is 0 Å². The lowest BCUT2D eigenvalue weighted by molar-refractivity contribution is 0.0690. The van der Waals surface area contributed by atoms with E-state index in [1.165, 1.54) is 5.56 Å². The summed E-state index contributed by atoms with van der Waals surface area (Å²) in [5, 5.41) is 13.0. The van der Waals surface area contributed by atoms with Crippen molar-refractivity contribution in [2.75, 3.05) is 6.61 Å². The Morgan fingerprint density at radius 3 is 2.51 bits per heavy atom. The zero-order chi connectivity index (χ0) is 24.0. The maximum absolute atomic E-state index is 12.0. The molecule has 0 spiro atoms. The highest BCUT2D eigenvalue weighted by Gasteiger charge is 2.18. The minimum absolute atomic E-state index is 0.258. The molecule has 0 fully saturated rings. The molecule has 5 aromatic rings. The summed E-state index contributed by atoms with van der Waals surface area (Å²) < 4.78 is 6.10. The van der Waals surface area contributed by atoms with Gasteiger partial charge in [0.15, 0.2) is 0 Å². The molecule has 0 saturated heterocycles. The minimum Gasteiger partial charge on any atom is -0.493 e. The molecular weight excluding hydrogens is 434 g/mol. The molecule has 4 aromatic carbocycles. The first-order valence-electron chi connectivity index (χ1n) is 11.9. The minimum atomic E-state index is -0.939. The summed E-state index contributed by atoms with van der Waals surface area (Å²) in [6, 6.07) is 30.4. The Kier molecular flexibility index (Phi) is 6.62. The van der Waals surface area contributed by atoms with E-state index in [1.807, 2.05) is 60.7 Å². The number of rotatable bonds is 9. The molecule has 0 amide bonds. The van der Waals surface area contributed by atoms with Crippen LogP contribution in [0.3, 0.4) is 0 Å². The number of allylic oxidation sites excluding steroid dienone is 1. The lowest BCUT2D eigenvalue weighted by Gasteiger charge is -2.10. The van der Waals surface area contributed by atoms with Crippen molar-refractivity contribution >= 4 is 33.7 Å². The van der Waals surface area contributed by atoms with Crippen LogP contribution in [0.25, 0.3) is 27.8 Å². The Balaban J connectivity index is 1.36. The third kappa shape index (κ3) is 4.97. The SMILES string of the molecule is O=C(O)c1[nH]c2cccc(C=CCc3ccccc3)c2c1CCCOc1cccc2ccccc12. The van der Waals surface area contributed by atoms with Crippen LogP contribution in [0.4, 0.5) is 0 Å². The molecular formula is C31H27NO3. The normalized spacial score (nSPS) is 11.4. The van der Waals surface area contributed by atoms with Crippen LogP contribution >= 0.6 is 0 Å². The molecule has 0 unspecified atom stereocenters. The number of aromatic nitrogens is 1. The van der Waals surface area contributed by atoms with Crippen molar-refractivity contribution in [3.63, 3.8) is 0 Å². The second-order valence-electron chi connectivity index (χ2n) is 8.57. The number of aryl methyl sites for hydroxylation is 1. The molecule has 0 bridgehead atoms. The fraction of sp³-hybridized carbons (Fsp3) is 0.129. The Labute approximate surface area is 204 Å². The highest BCUT2D eigenvalue weighted by molar-refractivity contribution is 6.00. The van der Waals surface area contributed by atoms with Gasteiger partial charge in [-0.05, 0) is 53.5 Å². The molecule has 0 aliphatic rings. The van der Waals surface area contributed by atoms with Gasteiger partial charge in [-0.2, -0.15) is 0 Å². The lowest BCUT2D eigenvalue weighted by atomic mass is 10.00. The summed E-state index contributed by atoms with van der Waals surface area (Å²) in [4.78, 5) is 15.1. The van der Waals surface area contributed by atoms with Crippen LogP contribution in [-0.2, 0) is 12.8 Å². The van der Waals surface area contributed by atoms with E-state index in [0.29, 0.717) is 19.4 Å². The van der Waals surface area contributed by atoms with Crippen molar-refractivity contribution < 1.29 is 14.6 Å². The monoisotopic (exact) mass is 461 g/mol. The van der Waals surface area contributed by atoms with Crippen molar-refractivity contribution in [2.24, 2.45) is 0 Å². The zero-order valence-corrected chi connectivity index (χ0v) is 19.4. The van der Waals surface area contributed by atoms with Gasteiger partial charge in [-0.25, -0.2) is 4.79 Å². The molecule has 2 N–H and O–H groups in total. The van der Waals surface area contributed by atoms with E-state index in [-0.39, 0.29) is 5.69 Å². The summed E-state index contributed by atoms with van der Waals surface area (Å²) in [5.41, 5.74) is 4.19. The quantitative estimate of drug-likeness (QED) is 0.227. The van der Waals surface area contributed by atoms with Crippen LogP contribution in [0.15, 0.2) is 97.1 Å².